The van der Waals surface area contributed by atoms with E-state index >= 15 is 0 Å². The maximum atomic E-state index is 11.1. The summed E-state index contributed by atoms with van der Waals surface area (Å²) in [5, 5.41) is 9.10. The van der Waals surface area contributed by atoms with Crippen LogP contribution in [-0.4, -0.2) is 24.3 Å². The Morgan fingerprint density at radius 2 is 1.17 bits per heavy atom. The van der Waals surface area contributed by atoms with Crippen molar-refractivity contribution in [2.45, 2.75) is 19.3 Å². The third kappa shape index (κ3) is 9.60. The van der Waals surface area contributed by atoms with Gasteiger partial charge < -0.3 is 14.6 Å². The van der Waals surface area contributed by atoms with Gasteiger partial charge in [-0.05, 0) is 43.5 Å². The van der Waals surface area contributed by atoms with E-state index in [0.717, 1.165) is 25.0 Å². The number of benzene rings is 2. The van der Waals surface area contributed by atoms with Gasteiger partial charge in [-0.25, -0.2) is 4.79 Å². The van der Waals surface area contributed by atoms with Crippen LogP contribution in [0.1, 0.15) is 29.6 Å². The number of hydrogen-bond acceptors (Lipinski definition) is 3. The van der Waals surface area contributed by atoms with Crippen LogP contribution in [0.3, 0.4) is 0 Å². The maximum absolute atomic E-state index is 11.1. The summed E-state index contributed by atoms with van der Waals surface area (Å²) in [6.45, 7) is 0.925. The van der Waals surface area contributed by atoms with Crippen molar-refractivity contribution in [1.82, 2.24) is 0 Å². The number of para-hydroxylation sites is 2. The summed E-state index contributed by atoms with van der Waals surface area (Å²) in [4.78, 5) is 11.1. The summed E-state index contributed by atoms with van der Waals surface area (Å²) in [7, 11) is 0. The minimum Gasteiger partial charge on any atom is -0.490 e. The molecule has 156 valence electrons. The lowest BCUT2D eigenvalue weighted by atomic mass is 10.2. The number of carboxylic acids is 1. The summed E-state index contributed by atoms with van der Waals surface area (Å²) in [6, 6.07) is 16.4. The highest BCUT2D eigenvalue weighted by Gasteiger charge is 2.08. The lowest BCUT2D eigenvalue weighted by Gasteiger charge is -2.06. The molecule has 2 aromatic rings. The fourth-order valence-electron chi connectivity index (χ4n) is 2.52. The Labute approximate surface area is 178 Å². The minimum atomic E-state index is -0.985. The van der Waals surface area contributed by atoms with Crippen LogP contribution in [0.4, 0.5) is 0 Å². The first-order valence-corrected chi connectivity index (χ1v) is 10.0. The standard InChI is InChI=1S/C26H28O4/c27-26(28)24-19-13-14-20-25(24)30-22-16-9-7-5-3-1-2-4-6-8-15-21-29-23-17-11-10-12-18-23/h2-5,8-20H,1,6-7,21-22H2,(H,27,28). The third-order valence-corrected chi connectivity index (χ3v) is 4.03. The summed E-state index contributed by atoms with van der Waals surface area (Å²) >= 11 is 0. The molecule has 0 unspecified atom stereocenters. The van der Waals surface area contributed by atoms with Crippen molar-refractivity contribution >= 4 is 5.97 Å². The number of ether oxygens (including phenoxy) is 2. The van der Waals surface area contributed by atoms with Crippen LogP contribution in [0, 0.1) is 0 Å². The van der Waals surface area contributed by atoms with Crippen LogP contribution in [0.5, 0.6) is 11.5 Å². The molecule has 1 N–H and O–H groups in total. The molecule has 2 aromatic carbocycles. The molecule has 0 aliphatic carbocycles. The largest absolute Gasteiger partial charge is 0.490 e. The lowest BCUT2D eigenvalue weighted by molar-refractivity contribution is 0.0693. The molecule has 0 spiro atoms. The van der Waals surface area contributed by atoms with Crippen LogP contribution >= 0.6 is 0 Å². The van der Waals surface area contributed by atoms with Crippen molar-refractivity contribution in [3.05, 3.63) is 109 Å². The van der Waals surface area contributed by atoms with Crippen LogP contribution in [0.2, 0.25) is 0 Å². The zero-order chi connectivity index (χ0) is 21.3. The number of rotatable bonds is 13. The van der Waals surface area contributed by atoms with E-state index in [-0.39, 0.29) is 5.56 Å². The van der Waals surface area contributed by atoms with Gasteiger partial charge in [0.2, 0.25) is 0 Å². The van der Waals surface area contributed by atoms with E-state index in [9.17, 15) is 4.79 Å². The molecule has 4 nitrogen and oxygen atoms in total. The predicted molar refractivity (Wildman–Crippen MR) is 121 cm³/mol. The van der Waals surface area contributed by atoms with E-state index in [0.29, 0.717) is 19.0 Å². The van der Waals surface area contributed by atoms with Gasteiger partial charge in [-0.15, -0.1) is 0 Å². The van der Waals surface area contributed by atoms with Crippen LogP contribution in [0.15, 0.2) is 103 Å². The fourth-order valence-corrected chi connectivity index (χ4v) is 2.52. The molecule has 0 radical (unpaired) electrons. The normalized spacial score (nSPS) is 11.7. The van der Waals surface area contributed by atoms with Gasteiger partial charge in [0.1, 0.15) is 30.3 Å². The Morgan fingerprint density at radius 1 is 0.667 bits per heavy atom. The number of carboxylic acid groups (broad SMARTS) is 1. The summed E-state index contributed by atoms with van der Waals surface area (Å²) in [5.41, 5.74) is 0.177. The number of allylic oxidation sites excluding steroid dienone is 6. The predicted octanol–water partition coefficient (Wildman–Crippen LogP) is 6.24. The summed E-state index contributed by atoms with van der Waals surface area (Å²) in [6.07, 6.45) is 19.1. The smallest absolute Gasteiger partial charge is 0.339 e. The van der Waals surface area contributed by atoms with E-state index in [1.54, 1.807) is 18.2 Å². The van der Waals surface area contributed by atoms with Gasteiger partial charge in [-0.2, -0.15) is 0 Å². The minimum absolute atomic E-state index is 0.177. The van der Waals surface area contributed by atoms with Crippen molar-refractivity contribution in [3.8, 4) is 11.5 Å². The number of carbonyl (C=O) groups is 1. The number of hydrogen-bond donors (Lipinski definition) is 1. The Kier molecular flexibility index (Phi) is 11.0. The second-order valence-electron chi connectivity index (χ2n) is 6.33. The Balaban J connectivity index is 1.51. The van der Waals surface area contributed by atoms with Gasteiger partial charge in [0.25, 0.3) is 0 Å². The first kappa shape index (κ1) is 22.8. The van der Waals surface area contributed by atoms with Gasteiger partial charge in [0.05, 0.1) is 0 Å². The highest BCUT2D eigenvalue weighted by Crippen LogP contribution is 2.17. The van der Waals surface area contributed by atoms with E-state index in [2.05, 4.69) is 30.4 Å². The van der Waals surface area contributed by atoms with Gasteiger partial charge in [-0.3, -0.25) is 0 Å². The average Bonchev–Trinajstić information content (AvgIpc) is 2.77. The van der Waals surface area contributed by atoms with Crippen molar-refractivity contribution in [1.29, 1.82) is 0 Å². The molecule has 0 aromatic heterocycles. The van der Waals surface area contributed by atoms with E-state index in [1.165, 1.54) is 6.07 Å². The van der Waals surface area contributed by atoms with E-state index < -0.39 is 5.97 Å². The van der Waals surface area contributed by atoms with Crippen molar-refractivity contribution < 1.29 is 19.4 Å². The van der Waals surface area contributed by atoms with Gasteiger partial charge >= 0.3 is 5.97 Å². The number of aromatic carboxylic acids is 1. The highest BCUT2D eigenvalue weighted by atomic mass is 16.5. The fraction of sp³-hybridized carbons (Fsp3) is 0.192. The van der Waals surface area contributed by atoms with Crippen LogP contribution in [-0.2, 0) is 0 Å². The molecule has 0 amide bonds. The first-order chi connectivity index (χ1) is 14.8. The van der Waals surface area contributed by atoms with Gasteiger partial charge in [0, 0.05) is 0 Å². The molecule has 2 rings (SSSR count). The topological polar surface area (TPSA) is 55.8 Å². The second-order valence-corrected chi connectivity index (χ2v) is 6.33. The van der Waals surface area contributed by atoms with Crippen LogP contribution in [0.25, 0.3) is 0 Å². The molecule has 30 heavy (non-hydrogen) atoms. The van der Waals surface area contributed by atoms with Gasteiger partial charge in [-0.1, -0.05) is 78.9 Å². The van der Waals surface area contributed by atoms with E-state index in [1.807, 2.05) is 48.6 Å². The molecule has 0 aliphatic rings. The summed E-state index contributed by atoms with van der Waals surface area (Å²) < 4.78 is 11.1. The zero-order valence-corrected chi connectivity index (χ0v) is 17.0. The lowest BCUT2D eigenvalue weighted by Crippen LogP contribution is -2.02. The summed E-state index contributed by atoms with van der Waals surface area (Å²) in [5.74, 6) is 0.283. The Hall–Kier alpha value is -3.53. The molecule has 0 saturated carbocycles. The van der Waals surface area contributed by atoms with Crippen molar-refractivity contribution in [2.75, 3.05) is 13.2 Å². The van der Waals surface area contributed by atoms with Gasteiger partial charge in [0.15, 0.2) is 0 Å². The molecule has 0 bridgehead atoms. The zero-order valence-electron chi connectivity index (χ0n) is 17.0. The molecule has 4 heteroatoms. The third-order valence-electron chi connectivity index (χ3n) is 4.03. The molecule has 0 fully saturated rings. The van der Waals surface area contributed by atoms with Crippen molar-refractivity contribution in [2.24, 2.45) is 0 Å². The molecular weight excluding hydrogens is 376 g/mol. The van der Waals surface area contributed by atoms with Crippen molar-refractivity contribution in [3.63, 3.8) is 0 Å². The van der Waals surface area contributed by atoms with E-state index in [4.69, 9.17) is 14.6 Å². The SMILES string of the molecule is O=C(O)c1ccccc1OCC=CCC=CCC=CCC=CCOc1ccccc1. The highest BCUT2D eigenvalue weighted by molar-refractivity contribution is 5.90. The molecule has 0 heterocycles. The first-order valence-electron chi connectivity index (χ1n) is 10.0. The molecule has 0 saturated heterocycles. The monoisotopic (exact) mass is 404 g/mol. The van der Waals surface area contributed by atoms with Crippen LogP contribution < -0.4 is 9.47 Å². The molecule has 0 aliphatic heterocycles. The quantitative estimate of drug-likeness (QED) is 0.402. The second kappa shape index (κ2) is 14.5. The molecule has 0 atom stereocenters. The maximum Gasteiger partial charge on any atom is 0.339 e. The molecular formula is C26H28O4. The Morgan fingerprint density at radius 3 is 1.77 bits per heavy atom. The Bertz CT molecular complexity index is 864. The average molecular weight is 405 g/mol.